The number of nitrogens with two attached hydrogens (primary N) is 1. The van der Waals surface area contributed by atoms with E-state index in [-0.39, 0.29) is 6.04 Å². The molecule has 1 rings (SSSR count). The highest BCUT2D eigenvalue weighted by Crippen LogP contribution is 2.17. The number of hydrogen-bond acceptors (Lipinski definition) is 2. The standard InChI is InChI=1S/C12H18ClNO/c1-3-11(14)12(15)7-9-4-5-10(13)8(2)6-9/h4-6,11-12,15H,3,7,14H2,1-2H3/t11-,12?/m1/s1. The summed E-state index contributed by atoms with van der Waals surface area (Å²) in [6.07, 6.45) is 0.899. The SMILES string of the molecule is CC[C@@H](N)C(O)Cc1ccc(Cl)c(C)c1. The van der Waals surface area contributed by atoms with Gasteiger partial charge in [0, 0.05) is 11.1 Å². The molecule has 0 aliphatic heterocycles. The first-order chi connectivity index (χ1) is 7.04. The molecule has 3 N–H and O–H groups in total. The molecule has 84 valence electrons. The van der Waals surface area contributed by atoms with Crippen LogP contribution in [0.5, 0.6) is 0 Å². The first kappa shape index (κ1) is 12.5. The molecule has 0 saturated heterocycles. The van der Waals surface area contributed by atoms with Crippen molar-refractivity contribution in [3.63, 3.8) is 0 Å². The van der Waals surface area contributed by atoms with Crippen LogP contribution in [0.25, 0.3) is 0 Å². The number of benzene rings is 1. The van der Waals surface area contributed by atoms with E-state index in [0.29, 0.717) is 6.42 Å². The van der Waals surface area contributed by atoms with Gasteiger partial charge in [-0.25, -0.2) is 0 Å². The quantitative estimate of drug-likeness (QED) is 0.829. The molecule has 2 atom stereocenters. The van der Waals surface area contributed by atoms with Gasteiger partial charge in [-0.05, 0) is 37.0 Å². The van der Waals surface area contributed by atoms with Crippen LogP contribution in [-0.4, -0.2) is 17.3 Å². The van der Waals surface area contributed by atoms with Crippen LogP contribution in [0.15, 0.2) is 18.2 Å². The molecular weight excluding hydrogens is 210 g/mol. The van der Waals surface area contributed by atoms with Crippen LogP contribution >= 0.6 is 11.6 Å². The minimum atomic E-state index is -0.476. The minimum absolute atomic E-state index is 0.152. The zero-order valence-electron chi connectivity index (χ0n) is 9.20. The van der Waals surface area contributed by atoms with Crippen LogP contribution in [-0.2, 0) is 6.42 Å². The van der Waals surface area contributed by atoms with E-state index in [1.165, 1.54) is 0 Å². The fourth-order valence-electron chi connectivity index (χ4n) is 1.50. The van der Waals surface area contributed by atoms with E-state index in [9.17, 15) is 5.11 Å². The summed E-state index contributed by atoms with van der Waals surface area (Å²) in [6, 6.07) is 5.63. The maximum absolute atomic E-state index is 9.77. The summed E-state index contributed by atoms with van der Waals surface area (Å²) >= 11 is 5.92. The van der Waals surface area contributed by atoms with Crippen molar-refractivity contribution in [3.05, 3.63) is 34.3 Å². The Balaban J connectivity index is 2.68. The molecule has 1 aromatic carbocycles. The summed E-state index contributed by atoms with van der Waals surface area (Å²) in [5, 5.41) is 10.5. The van der Waals surface area contributed by atoms with Gasteiger partial charge in [-0.2, -0.15) is 0 Å². The van der Waals surface area contributed by atoms with Crippen molar-refractivity contribution in [2.24, 2.45) is 5.73 Å². The number of hydrogen-bond donors (Lipinski definition) is 2. The molecule has 2 nitrogen and oxygen atoms in total. The van der Waals surface area contributed by atoms with Crippen LogP contribution in [0.4, 0.5) is 0 Å². The van der Waals surface area contributed by atoms with E-state index < -0.39 is 6.10 Å². The maximum atomic E-state index is 9.77. The van der Waals surface area contributed by atoms with Gasteiger partial charge in [-0.15, -0.1) is 0 Å². The lowest BCUT2D eigenvalue weighted by molar-refractivity contribution is 0.142. The van der Waals surface area contributed by atoms with Crippen LogP contribution < -0.4 is 5.73 Å². The topological polar surface area (TPSA) is 46.2 Å². The van der Waals surface area contributed by atoms with E-state index in [1.807, 2.05) is 32.0 Å². The van der Waals surface area contributed by atoms with Gasteiger partial charge in [0.1, 0.15) is 0 Å². The van der Waals surface area contributed by atoms with Crippen molar-refractivity contribution >= 4 is 11.6 Å². The third-order valence-electron chi connectivity index (χ3n) is 2.63. The number of aliphatic hydroxyl groups excluding tert-OH is 1. The molecule has 0 radical (unpaired) electrons. The molecule has 1 unspecified atom stereocenters. The second-order valence-corrected chi connectivity index (χ2v) is 4.33. The Hall–Kier alpha value is -0.570. The Bertz CT molecular complexity index is 327. The normalized spacial score (nSPS) is 15.0. The second kappa shape index (κ2) is 5.50. The molecular formula is C12H18ClNO. The molecule has 0 spiro atoms. The molecule has 0 fully saturated rings. The molecule has 3 heteroatoms. The fraction of sp³-hybridized carbons (Fsp3) is 0.500. The third-order valence-corrected chi connectivity index (χ3v) is 3.06. The van der Waals surface area contributed by atoms with Crippen molar-refractivity contribution in [1.82, 2.24) is 0 Å². The number of aliphatic hydroxyl groups is 1. The summed E-state index contributed by atoms with van der Waals surface area (Å²) in [5.41, 5.74) is 7.87. The lowest BCUT2D eigenvalue weighted by Gasteiger charge is -2.17. The molecule has 0 aliphatic rings. The summed E-state index contributed by atoms with van der Waals surface area (Å²) < 4.78 is 0. The van der Waals surface area contributed by atoms with Crippen molar-refractivity contribution in [2.75, 3.05) is 0 Å². The highest BCUT2D eigenvalue weighted by atomic mass is 35.5. The van der Waals surface area contributed by atoms with Gasteiger partial charge in [0.2, 0.25) is 0 Å². The van der Waals surface area contributed by atoms with E-state index in [1.54, 1.807) is 0 Å². The zero-order chi connectivity index (χ0) is 11.4. The molecule has 0 aliphatic carbocycles. The molecule has 0 saturated carbocycles. The highest BCUT2D eigenvalue weighted by Gasteiger charge is 2.13. The van der Waals surface area contributed by atoms with Crippen molar-refractivity contribution in [3.8, 4) is 0 Å². The maximum Gasteiger partial charge on any atom is 0.0731 e. The van der Waals surface area contributed by atoms with Crippen LogP contribution in [0.2, 0.25) is 5.02 Å². The van der Waals surface area contributed by atoms with Crippen molar-refractivity contribution < 1.29 is 5.11 Å². The predicted octanol–water partition coefficient (Wildman–Crippen LogP) is 2.29. The number of aryl methyl sites for hydroxylation is 1. The zero-order valence-corrected chi connectivity index (χ0v) is 9.96. The molecule has 0 heterocycles. The van der Waals surface area contributed by atoms with Gasteiger partial charge in [0.25, 0.3) is 0 Å². The smallest absolute Gasteiger partial charge is 0.0731 e. The summed E-state index contributed by atoms with van der Waals surface area (Å²) in [6.45, 7) is 3.93. The Kier molecular flexibility index (Phi) is 4.58. The van der Waals surface area contributed by atoms with Gasteiger partial charge in [-0.1, -0.05) is 30.7 Å². The molecule has 0 amide bonds. The molecule has 1 aromatic rings. The first-order valence-electron chi connectivity index (χ1n) is 5.23. The van der Waals surface area contributed by atoms with Crippen molar-refractivity contribution in [1.29, 1.82) is 0 Å². The lowest BCUT2D eigenvalue weighted by Crippen LogP contribution is -2.35. The molecule has 15 heavy (non-hydrogen) atoms. The Labute approximate surface area is 96.1 Å². The number of rotatable bonds is 4. The highest BCUT2D eigenvalue weighted by molar-refractivity contribution is 6.31. The van der Waals surface area contributed by atoms with Crippen LogP contribution in [0.1, 0.15) is 24.5 Å². The lowest BCUT2D eigenvalue weighted by atomic mass is 10.00. The van der Waals surface area contributed by atoms with Gasteiger partial charge < -0.3 is 10.8 Å². The van der Waals surface area contributed by atoms with Gasteiger partial charge in [-0.3, -0.25) is 0 Å². The average Bonchev–Trinajstić information content (AvgIpc) is 2.22. The monoisotopic (exact) mass is 227 g/mol. The van der Waals surface area contributed by atoms with Gasteiger partial charge >= 0.3 is 0 Å². The minimum Gasteiger partial charge on any atom is -0.391 e. The van der Waals surface area contributed by atoms with E-state index in [4.69, 9.17) is 17.3 Å². The van der Waals surface area contributed by atoms with Crippen LogP contribution in [0, 0.1) is 6.92 Å². The predicted molar refractivity (Wildman–Crippen MR) is 64.2 cm³/mol. The summed E-state index contributed by atoms with van der Waals surface area (Å²) in [7, 11) is 0. The van der Waals surface area contributed by atoms with Crippen LogP contribution in [0.3, 0.4) is 0 Å². The molecule has 0 aromatic heterocycles. The number of halogens is 1. The Morgan fingerprint density at radius 1 is 1.47 bits per heavy atom. The van der Waals surface area contributed by atoms with E-state index in [2.05, 4.69) is 0 Å². The summed E-state index contributed by atoms with van der Waals surface area (Å²) in [5.74, 6) is 0. The third kappa shape index (κ3) is 3.49. The first-order valence-corrected chi connectivity index (χ1v) is 5.61. The van der Waals surface area contributed by atoms with Gasteiger partial charge in [0.05, 0.1) is 6.10 Å². The fourth-order valence-corrected chi connectivity index (χ4v) is 1.62. The average molecular weight is 228 g/mol. The second-order valence-electron chi connectivity index (χ2n) is 3.93. The van der Waals surface area contributed by atoms with E-state index >= 15 is 0 Å². The van der Waals surface area contributed by atoms with E-state index in [0.717, 1.165) is 22.6 Å². The van der Waals surface area contributed by atoms with Crippen molar-refractivity contribution in [2.45, 2.75) is 38.8 Å². The Morgan fingerprint density at radius 2 is 2.13 bits per heavy atom. The largest absolute Gasteiger partial charge is 0.391 e. The Morgan fingerprint density at radius 3 is 2.67 bits per heavy atom. The summed E-state index contributed by atoms with van der Waals surface area (Å²) in [4.78, 5) is 0. The van der Waals surface area contributed by atoms with Gasteiger partial charge in [0.15, 0.2) is 0 Å². The molecule has 0 bridgehead atoms.